The van der Waals surface area contributed by atoms with Crippen LogP contribution < -0.4 is 4.90 Å². The van der Waals surface area contributed by atoms with Crippen molar-refractivity contribution in [3.05, 3.63) is 70.6 Å². The molecule has 2 fully saturated rings. The molecule has 0 unspecified atom stereocenters. The van der Waals surface area contributed by atoms with Crippen molar-refractivity contribution < 1.29 is 9.59 Å². The summed E-state index contributed by atoms with van der Waals surface area (Å²) in [5, 5.41) is 11.8. The van der Waals surface area contributed by atoms with Gasteiger partial charge in [-0.3, -0.25) is 9.78 Å². The van der Waals surface area contributed by atoms with E-state index in [9.17, 15) is 9.59 Å². The van der Waals surface area contributed by atoms with E-state index in [0.29, 0.717) is 45.0 Å². The number of hydrogen-bond donors (Lipinski definition) is 0. The number of piperazine rings is 1. The Morgan fingerprint density at radius 2 is 1.82 bits per heavy atom. The van der Waals surface area contributed by atoms with Gasteiger partial charge < -0.3 is 19.6 Å². The highest BCUT2D eigenvalue weighted by Gasteiger charge is 2.31. The Bertz CT molecular complexity index is 1280. The Morgan fingerprint density at radius 3 is 2.51 bits per heavy atom. The predicted molar refractivity (Wildman–Crippen MR) is 148 cm³/mol. The van der Waals surface area contributed by atoms with E-state index < -0.39 is 0 Å². The molecular weight excluding hydrogens is 512 g/mol. The lowest BCUT2D eigenvalue weighted by atomic mass is 9.98. The Labute approximate surface area is 232 Å². The van der Waals surface area contributed by atoms with Crippen molar-refractivity contribution in [2.75, 3.05) is 50.7 Å². The van der Waals surface area contributed by atoms with Gasteiger partial charge in [-0.15, -0.1) is 11.3 Å². The molecule has 2 saturated heterocycles. The first-order chi connectivity index (χ1) is 19.1. The van der Waals surface area contributed by atoms with Crippen molar-refractivity contribution in [1.82, 2.24) is 29.7 Å². The van der Waals surface area contributed by atoms with Crippen molar-refractivity contribution in [1.29, 1.82) is 5.26 Å². The molecular formula is C28H32N8O2S. The summed E-state index contributed by atoms with van der Waals surface area (Å²) in [5.41, 5.74) is 1.33. The maximum absolute atomic E-state index is 13.3. The number of hydrogen-bond acceptors (Lipinski definition) is 8. The molecule has 0 spiro atoms. The average Bonchev–Trinajstić information content (AvgIpc) is 3.50. The highest BCUT2D eigenvalue weighted by molar-refractivity contribution is 7.09. The number of anilines is 1. The zero-order valence-electron chi connectivity index (χ0n) is 21.9. The van der Waals surface area contributed by atoms with Crippen molar-refractivity contribution in [2.24, 2.45) is 0 Å². The van der Waals surface area contributed by atoms with Gasteiger partial charge in [0.25, 0.3) is 5.91 Å². The normalized spacial score (nSPS) is 16.1. The fourth-order valence-electron chi connectivity index (χ4n) is 5.07. The van der Waals surface area contributed by atoms with E-state index in [0.717, 1.165) is 42.3 Å². The number of nitriles is 1. The van der Waals surface area contributed by atoms with Gasteiger partial charge in [-0.05, 0) is 36.6 Å². The fraction of sp³-hybridized carbons (Fsp3) is 0.429. The highest BCUT2D eigenvalue weighted by Crippen LogP contribution is 2.31. The van der Waals surface area contributed by atoms with Gasteiger partial charge in [0.1, 0.15) is 11.5 Å². The summed E-state index contributed by atoms with van der Waals surface area (Å²) in [7, 11) is 0. The molecule has 5 heterocycles. The van der Waals surface area contributed by atoms with Crippen LogP contribution in [-0.4, -0.2) is 87.4 Å². The van der Waals surface area contributed by atoms with Crippen LogP contribution in [0.4, 0.5) is 10.6 Å². The van der Waals surface area contributed by atoms with Crippen molar-refractivity contribution in [3.8, 4) is 6.07 Å². The number of pyridine rings is 2. The minimum Gasteiger partial charge on any atom is -0.353 e. The van der Waals surface area contributed by atoms with E-state index in [-0.39, 0.29) is 24.3 Å². The third-order valence-electron chi connectivity index (χ3n) is 7.26. The van der Waals surface area contributed by atoms with Crippen LogP contribution in [0, 0.1) is 11.3 Å². The maximum Gasteiger partial charge on any atom is 0.320 e. The van der Waals surface area contributed by atoms with Gasteiger partial charge >= 0.3 is 6.03 Å². The molecule has 0 aromatic carbocycles. The molecule has 0 N–H and O–H groups in total. The van der Waals surface area contributed by atoms with Gasteiger partial charge in [0.2, 0.25) is 0 Å². The van der Waals surface area contributed by atoms with Crippen molar-refractivity contribution >= 4 is 29.1 Å². The molecule has 3 aromatic rings. The molecule has 10 nitrogen and oxygen atoms in total. The molecule has 0 radical (unpaired) electrons. The molecule has 0 saturated carbocycles. The summed E-state index contributed by atoms with van der Waals surface area (Å²) in [5.74, 6) is 1.01. The van der Waals surface area contributed by atoms with Gasteiger partial charge in [0, 0.05) is 82.2 Å². The number of carbonyl (C=O) groups excluding carboxylic acids is 2. The van der Waals surface area contributed by atoms with Crippen molar-refractivity contribution in [3.63, 3.8) is 0 Å². The average molecular weight is 545 g/mol. The molecule has 2 aliphatic rings. The van der Waals surface area contributed by atoms with E-state index in [1.165, 1.54) is 11.3 Å². The highest BCUT2D eigenvalue weighted by atomic mass is 32.1. The smallest absolute Gasteiger partial charge is 0.320 e. The molecule has 39 heavy (non-hydrogen) atoms. The van der Waals surface area contributed by atoms with Crippen LogP contribution in [0.3, 0.4) is 0 Å². The maximum atomic E-state index is 13.3. The Hall–Kier alpha value is -4.04. The van der Waals surface area contributed by atoms with E-state index in [4.69, 9.17) is 10.2 Å². The third kappa shape index (κ3) is 6.52. The van der Waals surface area contributed by atoms with Gasteiger partial charge in [-0.1, -0.05) is 12.1 Å². The number of thiazole rings is 1. The summed E-state index contributed by atoms with van der Waals surface area (Å²) < 4.78 is 0. The number of piperidine rings is 1. The zero-order valence-corrected chi connectivity index (χ0v) is 22.7. The first-order valence-corrected chi connectivity index (χ1v) is 14.2. The van der Waals surface area contributed by atoms with Gasteiger partial charge in [-0.2, -0.15) is 5.26 Å². The van der Waals surface area contributed by atoms with Crippen LogP contribution >= 0.6 is 11.3 Å². The molecule has 0 aliphatic carbocycles. The molecule has 0 bridgehead atoms. The van der Waals surface area contributed by atoms with Crippen LogP contribution in [0.25, 0.3) is 0 Å². The predicted octanol–water partition coefficient (Wildman–Crippen LogP) is 3.61. The summed E-state index contributed by atoms with van der Waals surface area (Å²) in [4.78, 5) is 47.5. The quantitative estimate of drug-likeness (QED) is 0.447. The molecule has 3 aromatic heterocycles. The topological polar surface area (TPSA) is 110 Å². The Kier molecular flexibility index (Phi) is 8.63. The molecule has 0 atom stereocenters. The second kappa shape index (κ2) is 12.7. The monoisotopic (exact) mass is 544 g/mol. The van der Waals surface area contributed by atoms with E-state index >= 15 is 0 Å². The lowest BCUT2D eigenvalue weighted by Crippen LogP contribution is -2.54. The third-order valence-corrected chi connectivity index (χ3v) is 8.26. The molecule has 5 rings (SSSR count). The Balaban J connectivity index is 1.13. The molecule has 11 heteroatoms. The summed E-state index contributed by atoms with van der Waals surface area (Å²) in [6.45, 7) is 5.03. The second-order valence-electron chi connectivity index (χ2n) is 9.77. The van der Waals surface area contributed by atoms with E-state index in [1.54, 1.807) is 23.5 Å². The number of rotatable bonds is 7. The molecule has 202 valence electrons. The SMILES string of the molecule is N#CCCN(Cc1cccnc1)C(=O)c1csc(C2CCN(C(=O)N3CCN(c4ccccn4)CC3)CC2)n1. The minimum absolute atomic E-state index is 0.104. The number of aromatic nitrogens is 3. The molecule has 2 aliphatic heterocycles. The standard InChI is InChI=1S/C28H32N8O2S/c29-9-4-12-36(20-22-5-3-10-30-19-22)27(37)24-21-39-26(32-24)23-7-13-34(14-8-23)28(38)35-17-15-33(16-18-35)25-6-1-2-11-31-25/h1-3,5-6,10-11,19,21,23H,4,7-8,12-18,20H2. The fourth-order valence-corrected chi connectivity index (χ4v) is 6.04. The largest absolute Gasteiger partial charge is 0.353 e. The van der Waals surface area contributed by atoms with Crippen LogP contribution in [0.15, 0.2) is 54.3 Å². The van der Waals surface area contributed by atoms with Gasteiger partial charge in [-0.25, -0.2) is 14.8 Å². The minimum atomic E-state index is -0.172. The van der Waals surface area contributed by atoms with Crippen molar-refractivity contribution in [2.45, 2.75) is 31.7 Å². The Morgan fingerprint density at radius 1 is 1.03 bits per heavy atom. The summed E-state index contributed by atoms with van der Waals surface area (Å²) in [6, 6.07) is 11.9. The van der Waals surface area contributed by atoms with E-state index in [1.807, 2.05) is 45.5 Å². The van der Waals surface area contributed by atoms with Gasteiger partial charge in [0.05, 0.1) is 17.5 Å². The zero-order chi connectivity index (χ0) is 27.0. The lowest BCUT2D eigenvalue weighted by molar-refractivity contribution is 0.0741. The second-order valence-corrected chi connectivity index (χ2v) is 10.7. The lowest BCUT2D eigenvalue weighted by Gasteiger charge is -2.39. The number of nitrogens with zero attached hydrogens (tertiary/aromatic N) is 8. The van der Waals surface area contributed by atoms with Crippen LogP contribution in [0.1, 0.15) is 46.2 Å². The van der Waals surface area contributed by atoms with Gasteiger partial charge in [0.15, 0.2) is 0 Å². The number of urea groups is 1. The first kappa shape index (κ1) is 26.6. The summed E-state index contributed by atoms with van der Waals surface area (Å²) >= 11 is 1.51. The van der Waals surface area contributed by atoms with Crippen LogP contribution in [0.5, 0.6) is 0 Å². The number of likely N-dealkylation sites (tertiary alicyclic amines) is 1. The van der Waals surface area contributed by atoms with E-state index in [2.05, 4.69) is 20.9 Å². The first-order valence-electron chi connectivity index (χ1n) is 13.3. The molecule has 3 amide bonds. The summed E-state index contributed by atoms with van der Waals surface area (Å²) in [6.07, 6.45) is 7.14. The van der Waals surface area contributed by atoms with Crippen LogP contribution in [0.2, 0.25) is 0 Å². The van der Waals surface area contributed by atoms with Crippen LogP contribution in [-0.2, 0) is 6.54 Å². The number of carbonyl (C=O) groups is 2. The number of amides is 3.